The molecular formula is C18H22ClNS. The number of halogens is 1. The number of rotatable bonds is 6. The molecule has 0 radical (unpaired) electrons. The summed E-state index contributed by atoms with van der Waals surface area (Å²) in [5.74, 6) is 0. The Morgan fingerprint density at radius 1 is 1.19 bits per heavy atom. The molecule has 21 heavy (non-hydrogen) atoms. The molecule has 0 heterocycles. The summed E-state index contributed by atoms with van der Waals surface area (Å²) in [4.78, 5) is 1.33. The van der Waals surface area contributed by atoms with Crippen LogP contribution in [0.15, 0.2) is 47.4 Å². The first-order chi connectivity index (χ1) is 10.2. The normalized spacial score (nSPS) is 12.4. The van der Waals surface area contributed by atoms with Gasteiger partial charge in [0, 0.05) is 16.0 Å². The molecule has 0 saturated carbocycles. The van der Waals surface area contributed by atoms with E-state index in [-0.39, 0.29) is 0 Å². The molecule has 0 fully saturated rings. The lowest BCUT2D eigenvalue weighted by Gasteiger charge is -2.21. The first kappa shape index (κ1) is 16.4. The van der Waals surface area contributed by atoms with Crippen molar-refractivity contribution in [3.63, 3.8) is 0 Å². The van der Waals surface area contributed by atoms with Crippen LogP contribution in [0.5, 0.6) is 0 Å². The highest BCUT2D eigenvalue weighted by Gasteiger charge is 2.16. The summed E-state index contributed by atoms with van der Waals surface area (Å²) >= 11 is 8.20. The Hall–Kier alpha value is -0.960. The molecule has 0 aliphatic carbocycles. The number of hydrogen-bond acceptors (Lipinski definition) is 2. The quantitative estimate of drug-likeness (QED) is 0.728. The summed E-state index contributed by atoms with van der Waals surface area (Å²) in [5, 5.41) is 4.45. The molecule has 2 aromatic rings. The van der Waals surface area contributed by atoms with E-state index >= 15 is 0 Å². The van der Waals surface area contributed by atoms with Gasteiger partial charge in [0.1, 0.15) is 0 Å². The van der Waals surface area contributed by atoms with Gasteiger partial charge in [-0.05, 0) is 55.0 Å². The van der Waals surface area contributed by atoms with Crippen molar-refractivity contribution in [2.45, 2.75) is 31.2 Å². The van der Waals surface area contributed by atoms with Crippen molar-refractivity contribution in [2.75, 3.05) is 12.8 Å². The second-order valence-electron chi connectivity index (χ2n) is 5.15. The van der Waals surface area contributed by atoms with Crippen LogP contribution < -0.4 is 5.32 Å². The molecular weight excluding hydrogens is 298 g/mol. The van der Waals surface area contributed by atoms with Gasteiger partial charge in [0.25, 0.3) is 0 Å². The molecule has 2 aromatic carbocycles. The van der Waals surface area contributed by atoms with Crippen LogP contribution in [0.1, 0.15) is 29.7 Å². The molecule has 0 aromatic heterocycles. The third kappa shape index (κ3) is 4.26. The molecule has 0 bridgehead atoms. The molecule has 0 aliphatic heterocycles. The van der Waals surface area contributed by atoms with Gasteiger partial charge < -0.3 is 5.32 Å². The van der Waals surface area contributed by atoms with Gasteiger partial charge in [0.2, 0.25) is 0 Å². The predicted molar refractivity (Wildman–Crippen MR) is 94.5 cm³/mol. The molecule has 1 unspecified atom stereocenters. The topological polar surface area (TPSA) is 12.0 Å². The zero-order chi connectivity index (χ0) is 15.2. The molecule has 1 nitrogen and oxygen atoms in total. The second kappa shape index (κ2) is 7.88. The standard InChI is InChI=1S/C18H22ClNS/c1-4-20-17(15-7-5-6-8-18(15)21-3)12-14-10-9-13(2)11-16(14)19/h5-11,17,20H,4,12H2,1-3H3. The Bertz CT molecular complexity index is 598. The number of aryl methyl sites for hydroxylation is 1. The molecule has 1 atom stereocenters. The fraction of sp³-hybridized carbons (Fsp3) is 0.333. The number of thioether (sulfide) groups is 1. The number of benzene rings is 2. The van der Waals surface area contributed by atoms with E-state index < -0.39 is 0 Å². The smallest absolute Gasteiger partial charge is 0.0441 e. The van der Waals surface area contributed by atoms with E-state index in [2.05, 4.69) is 61.8 Å². The molecule has 0 amide bonds. The van der Waals surface area contributed by atoms with Crippen molar-refractivity contribution in [3.05, 3.63) is 64.2 Å². The summed E-state index contributed by atoms with van der Waals surface area (Å²) < 4.78 is 0. The third-order valence-electron chi connectivity index (χ3n) is 3.60. The fourth-order valence-electron chi connectivity index (χ4n) is 2.53. The third-order valence-corrected chi connectivity index (χ3v) is 4.76. The fourth-order valence-corrected chi connectivity index (χ4v) is 3.50. The maximum absolute atomic E-state index is 6.40. The molecule has 112 valence electrons. The first-order valence-electron chi connectivity index (χ1n) is 7.27. The average Bonchev–Trinajstić information content (AvgIpc) is 2.49. The van der Waals surface area contributed by atoms with Crippen molar-refractivity contribution in [2.24, 2.45) is 0 Å². The largest absolute Gasteiger partial charge is 0.310 e. The Morgan fingerprint density at radius 3 is 2.62 bits per heavy atom. The minimum atomic E-state index is 0.291. The highest BCUT2D eigenvalue weighted by Crippen LogP contribution is 2.30. The molecule has 3 heteroatoms. The van der Waals surface area contributed by atoms with Crippen LogP contribution >= 0.6 is 23.4 Å². The van der Waals surface area contributed by atoms with Gasteiger partial charge in [-0.2, -0.15) is 0 Å². The maximum atomic E-state index is 6.40. The van der Waals surface area contributed by atoms with Crippen molar-refractivity contribution < 1.29 is 0 Å². The lowest BCUT2D eigenvalue weighted by atomic mass is 9.98. The van der Waals surface area contributed by atoms with E-state index in [1.807, 2.05) is 6.07 Å². The molecule has 2 rings (SSSR count). The molecule has 0 spiro atoms. The number of nitrogens with one attached hydrogen (secondary N) is 1. The van der Waals surface area contributed by atoms with Crippen LogP contribution in [0.25, 0.3) is 0 Å². The van der Waals surface area contributed by atoms with E-state index in [9.17, 15) is 0 Å². The van der Waals surface area contributed by atoms with E-state index in [1.165, 1.54) is 21.6 Å². The number of likely N-dealkylation sites (N-methyl/N-ethyl adjacent to an activating group) is 1. The van der Waals surface area contributed by atoms with Crippen molar-refractivity contribution >= 4 is 23.4 Å². The van der Waals surface area contributed by atoms with Gasteiger partial charge >= 0.3 is 0 Å². The van der Waals surface area contributed by atoms with Crippen molar-refractivity contribution in [3.8, 4) is 0 Å². The van der Waals surface area contributed by atoms with E-state index in [4.69, 9.17) is 11.6 Å². The average molecular weight is 320 g/mol. The van der Waals surface area contributed by atoms with E-state index in [0.29, 0.717) is 6.04 Å². The summed E-state index contributed by atoms with van der Waals surface area (Å²) in [7, 11) is 0. The highest BCUT2D eigenvalue weighted by molar-refractivity contribution is 7.98. The van der Waals surface area contributed by atoms with Crippen LogP contribution in [0.2, 0.25) is 5.02 Å². The zero-order valence-electron chi connectivity index (χ0n) is 12.8. The van der Waals surface area contributed by atoms with Gasteiger partial charge in [-0.1, -0.05) is 48.9 Å². The number of hydrogen-bond donors (Lipinski definition) is 1. The Kier molecular flexibility index (Phi) is 6.16. The van der Waals surface area contributed by atoms with Crippen LogP contribution in [-0.4, -0.2) is 12.8 Å². The van der Waals surface area contributed by atoms with Gasteiger partial charge in [-0.25, -0.2) is 0 Å². The zero-order valence-corrected chi connectivity index (χ0v) is 14.4. The Balaban J connectivity index is 2.30. The molecule has 1 N–H and O–H groups in total. The minimum absolute atomic E-state index is 0.291. The van der Waals surface area contributed by atoms with Crippen LogP contribution in [-0.2, 0) is 6.42 Å². The Labute approximate surface area is 137 Å². The second-order valence-corrected chi connectivity index (χ2v) is 6.41. The van der Waals surface area contributed by atoms with Gasteiger partial charge in [-0.15, -0.1) is 11.8 Å². The SMILES string of the molecule is CCNC(Cc1ccc(C)cc1Cl)c1ccccc1SC. The Morgan fingerprint density at radius 2 is 1.95 bits per heavy atom. The van der Waals surface area contributed by atoms with Gasteiger partial charge in [-0.3, -0.25) is 0 Å². The monoisotopic (exact) mass is 319 g/mol. The first-order valence-corrected chi connectivity index (χ1v) is 8.87. The highest BCUT2D eigenvalue weighted by atomic mass is 35.5. The van der Waals surface area contributed by atoms with Crippen LogP contribution in [0.3, 0.4) is 0 Å². The lowest BCUT2D eigenvalue weighted by molar-refractivity contribution is 0.542. The molecule has 0 saturated heterocycles. The predicted octanol–water partition coefficient (Wildman–Crippen LogP) is 5.26. The summed E-state index contributed by atoms with van der Waals surface area (Å²) in [6.45, 7) is 5.16. The van der Waals surface area contributed by atoms with Gasteiger partial charge in [0.15, 0.2) is 0 Å². The molecule has 0 aliphatic rings. The van der Waals surface area contributed by atoms with E-state index in [1.54, 1.807) is 11.8 Å². The summed E-state index contributed by atoms with van der Waals surface area (Å²) in [6.07, 6.45) is 3.03. The van der Waals surface area contributed by atoms with Crippen molar-refractivity contribution in [1.29, 1.82) is 0 Å². The minimum Gasteiger partial charge on any atom is -0.310 e. The van der Waals surface area contributed by atoms with E-state index in [0.717, 1.165) is 18.0 Å². The summed E-state index contributed by atoms with van der Waals surface area (Å²) in [5.41, 5.74) is 3.75. The lowest BCUT2D eigenvalue weighted by Crippen LogP contribution is -2.23. The maximum Gasteiger partial charge on any atom is 0.0441 e. The van der Waals surface area contributed by atoms with Crippen molar-refractivity contribution in [1.82, 2.24) is 5.32 Å². The van der Waals surface area contributed by atoms with Crippen LogP contribution in [0, 0.1) is 6.92 Å². The van der Waals surface area contributed by atoms with Crippen LogP contribution in [0.4, 0.5) is 0 Å². The van der Waals surface area contributed by atoms with Gasteiger partial charge in [0.05, 0.1) is 0 Å². The summed E-state index contributed by atoms with van der Waals surface area (Å²) in [6, 6.07) is 15.2.